The molecule has 0 spiro atoms. The first-order valence-corrected chi connectivity index (χ1v) is 7.33. The summed E-state index contributed by atoms with van der Waals surface area (Å²) >= 11 is 0. The van der Waals surface area contributed by atoms with Gasteiger partial charge in [0.2, 0.25) is 0 Å². The average molecular weight is 277 g/mol. The molecular formula is C14H15NO3S. The monoisotopic (exact) mass is 277 g/mol. The maximum atomic E-state index is 12.1. The predicted octanol–water partition coefficient (Wildman–Crippen LogP) is 2.54. The minimum atomic E-state index is -3.56. The molecule has 2 N–H and O–H groups in total. The molecule has 2 aromatic carbocycles. The number of aliphatic hydroxyl groups excluding tert-OH is 1. The third kappa shape index (κ3) is 3.33. The first kappa shape index (κ1) is 13.6. The smallest absolute Gasteiger partial charge is 0.261 e. The SMILES string of the molecule is CC(O)c1ccc(NS(=O)(=O)c2ccccc2)cc1. The van der Waals surface area contributed by atoms with Crippen LogP contribution < -0.4 is 4.72 Å². The van der Waals surface area contributed by atoms with Gasteiger partial charge in [0.25, 0.3) is 10.0 Å². The van der Waals surface area contributed by atoms with Crippen LogP contribution in [0.3, 0.4) is 0 Å². The summed E-state index contributed by atoms with van der Waals surface area (Å²) in [6.07, 6.45) is -0.570. The molecule has 0 saturated heterocycles. The van der Waals surface area contributed by atoms with Crippen molar-refractivity contribution in [2.45, 2.75) is 17.9 Å². The van der Waals surface area contributed by atoms with Crippen molar-refractivity contribution in [3.8, 4) is 0 Å². The van der Waals surface area contributed by atoms with Crippen LogP contribution in [-0.4, -0.2) is 13.5 Å². The number of aliphatic hydroxyl groups is 1. The Labute approximate surface area is 112 Å². The Kier molecular flexibility index (Phi) is 3.87. The molecule has 0 aliphatic carbocycles. The molecule has 0 radical (unpaired) electrons. The third-order valence-electron chi connectivity index (χ3n) is 2.70. The number of nitrogens with one attached hydrogen (secondary N) is 1. The highest BCUT2D eigenvalue weighted by molar-refractivity contribution is 7.92. The van der Waals surface area contributed by atoms with Gasteiger partial charge >= 0.3 is 0 Å². The van der Waals surface area contributed by atoms with Crippen molar-refractivity contribution < 1.29 is 13.5 Å². The number of rotatable bonds is 4. The molecule has 0 amide bonds. The lowest BCUT2D eigenvalue weighted by Crippen LogP contribution is -2.12. The fourth-order valence-corrected chi connectivity index (χ4v) is 2.72. The van der Waals surface area contributed by atoms with Gasteiger partial charge in [0, 0.05) is 5.69 Å². The van der Waals surface area contributed by atoms with E-state index in [1.54, 1.807) is 49.4 Å². The molecule has 0 saturated carbocycles. The number of sulfonamides is 1. The summed E-state index contributed by atoms with van der Waals surface area (Å²) in [7, 11) is -3.56. The molecular weight excluding hydrogens is 262 g/mol. The van der Waals surface area contributed by atoms with Crippen LogP contribution in [0.5, 0.6) is 0 Å². The van der Waals surface area contributed by atoms with E-state index in [1.807, 2.05) is 0 Å². The van der Waals surface area contributed by atoms with Gasteiger partial charge in [-0.15, -0.1) is 0 Å². The molecule has 100 valence electrons. The zero-order valence-electron chi connectivity index (χ0n) is 10.4. The Bertz CT molecular complexity index is 634. The molecule has 0 fully saturated rings. The van der Waals surface area contributed by atoms with Crippen molar-refractivity contribution in [2.75, 3.05) is 4.72 Å². The summed E-state index contributed by atoms with van der Waals surface area (Å²) in [5.74, 6) is 0. The molecule has 19 heavy (non-hydrogen) atoms. The van der Waals surface area contributed by atoms with Gasteiger partial charge in [0.1, 0.15) is 0 Å². The van der Waals surface area contributed by atoms with Gasteiger partial charge in [-0.3, -0.25) is 4.72 Å². The highest BCUT2D eigenvalue weighted by atomic mass is 32.2. The molecule has 0 aromatic heterocycles. The molecule has 0 aliphatic heterocycles. The molecule has 4 nitrogen and oxygen atoms in total. The minimum Gasteiger partial charge on any atom is -0.389 e. The summed E-state index contributed by atoms with van der Waals surface area (Å²) in [5, 5.41) is 9.39. The molecule has 0 bridgehead atoms. The Morgan fingerprint density at radius 2 is 1.58 bits per heavy atom. The Morgan fingerprint density at radius 3 is 2.11 bits per heavy atom. The zero-order valence-corrected chi connectivity index (χ0v) is 11.3. The molecule has 1 atom stereocenters. The molecule has 5 heteroatoms. The van der Waals surface area contributed by atoms with E-state index >= 15 is 0 Å². The van der Waals surface area contributed by atoms with Gasteiger partial charge in [-0.05, 0) is 36.8 Å². The standard InChI is InChI=1S/C14H15NO3S/c1-11(16)12-7-9-13(10-8-12)15-19(17,18)14-5-3-2-4-6-14/h2-11,15-16H,1H3. The van der Waals surface area contributed by atoms with E-state index in [2.05, 4.69) is 4.72 Å². The van der Waals surface area contributed by atoms with Crippen LogP contribution in [0, 0.1) is 0 Å². The lowest BCUT2D eigenvalue weighted by molar-refractivity contribution is 0.199. The maximum absolute atomic E-state index is 12.1. The predicted molar refractivity (Wildman–Crippen MR) is 74.3 cm³/mol. The van der Waals surface area contributed by atoms with Crippen molar-refractivity contribution in [1.82, 2.24) is 0 Å². The summed E-state index contributed by atoms with van der Waals surface area (Å²) < 4.78 is 26.6. The normalized spacial score (nSPS) is 12.9. The van der Waals surface area contributed by atoms with E-state index in [4.69, 9.17) is 0 Å². The Hall–Kier alpha value is -1.85. The van der Waals surface area contributed by atoms with Gasteiger partial charge < -0.3 is 5.11 Å². The highest BCUT2D eigenvalue weighted by Gasteiger charge is 2.13. The fraction of sp³-hybridized carbons (Fsp3) is 0.143. The number of hydrogen-bond donors (Lipinski definition) is 2. The van der Waals surface area contributed by atoms with E-state index in [1.165, 1.54) is 12.1 Å². The van der Waals surface area contributed by atoms with Crippen molar-refractivity contribution in [2.24, 2.45) is 0 Å². The molecule has 2 aromatic rings. The van der Waals surface area contributed by atoms with Crippen LogP contribution in [0.15, 0.2) is 59.5 Å². The van der Waals surface area contributed by atoms with Gasteiger partial charge in [-0.2, -0.15) is 0 Å². The third-order valence-corrected chi connectivity index (χ3v) is 4.10. The number of anilines is 1. The lowest BCUT2D eigenvalue weighted by atomic mass is 10.1. The summed E-state index contributed by atoms with van der Waals surface area (Å²) in [5.41, 5.74) is 1.20. The first-order valence-electron chi connectivity index (χ1n) is 5.85. The summed E-state index contributed by atoms with van der Waals surface area (Å²) in [6, 6.07) is 14.8. The van der Waals surface area contributed by atoms with Crippen LogP contribution in [0.25, 0.3) is 0 Å². The number of benzene rings is 2. The van der Waals surface area contributed by atoms with E-state index in [-0.39, 0.29) is 4.90 Å². The van der Waals surface area contributed by atoms with Gasteiger partial charge in [0.05, 0.1) is 11.0 Å². The van der Waals surface area contributed by atoms with Gasteiger partial charge in [-0.25, -0.2) is 8.42 Å². The van der Waals surface area contributed by atoms with Crippen LogP contribution in [0.1, 0.15) is 18.6 Å². The fourth-order valence-electron chi connectivity index (χ4n) is 1.64. The van der Waals surface area contributed by atoms with Gasteiger partial charge in [-0.1, -0.05) is 30.3 Å². The van der Waals surface area contributed by atoms with Crippen molar-refractivity contribution in [3.05, 3.63) is 60.2 Å². The lowest BCUT2D eigenvalue weighted by Gasteiger charge is -2.09. The van der Waals surface area contributed by atoms with Crippen LogP contribution in [-0.2, 0) is 10.0 Å². The van der Waals surface area contributed by atoms with Crippen LogP contribution >= 0.6 is 0 Å². The average Bonchev–Trinajstić information content (AvgIpc) is 2.40. The summed E-state index contributed by atoms with van der Waals surface area (Å²) in [4.78, 5) is 0.217. The van der Waals surface area contributed by atoms with Crippen molar-refractivity contribution >= 4 is 15.7 Å². The molecule has 0 aliphatic rings. The topological polar surface area (TPSA) is 66.4 Å². The molecule has 0 heterocycles. The highest BCUT2D eigenvalue weighted by Crippen LogP contribution is 2.18. The molecule has 1 unspecified atom stereocenters. The minimum absolute atomic E-state index is 0.217. The quantitative estimate of drug-likeness (QED) is 0.902. The number of hydrogen-bond acceptors (Lipinski definition) is 3. The van der Waals surface area contributed by atoms with Crippen molar-refractivity contribution in [1.29, 1.82) is 0 Å². The van der Waals surface area contributed by atoms with E-state index < -0.39 is 16.1 Å². The maximum Gasteiger partial charge on any atom is 0.261 e. The van der Waals surface area contributed by atoms with Crippen LogP contribution in [0.4, 0.5) is 5.69 Å². The Balaban J connectivity index is 2.21. The zero-order chi connectivity index (χ0) is 13.9. The van der Waals surface area contributed by atoms with Crippen LogP contribution in [0.2, 0.25) is 0 Å². The Morgan fingerprint density at radius 1 is 1.00 bits per heavy atom. The molecule has 2 rings (SSSR count). The summed E-state index contributed by atoms with van der Waals surface area (Å²) in [6.45, 7) is 1.66. The second-order valence-corrected chi connectivity index (χ2v) is 5.90. The van der Waals surface area contributed by atoms with E-state index in [0.29, 0.717) is 5.69 Å². The van der Waals surface area contributed by atoms with Gasteiger partial charge in [0.15, 0.2) is 0 Å². The van der Waals surface area contributed by atoms with Crippen molar-refractivity contribution in [3.63, 3.8) is 0 Å². The van der Waals surface area contributed by atoms with E-state index in [0.717, 1.165) is 5.56 Å². The second kappa shape index (κ2) is 5.42. The van der Waals surface area contributed by atoms with E-state index in [9.17, 15) is 13.5 Å². The largest absolute Gasteiger partial charge is 0.389 e. The first-order chi connectivity index (χ1) is 8.99. The second-order valence-electron chi connectivity index (χ2n) is 4.22.